The SMILES string of the molecule is CC1=CCN(S(=O)(=O)c2cccnc2Cl)CC1. The second kappa shape index (κ2) is 4.76. The Labute approximate surface area is 106 Å². The summed E-state index contributed by atoms with van der Waals surface area (Å²) in [5, 5.41) is 0.0266. The van der Waals surface area contributed by atoms with Crippen LogP contribution in [0.15, 0.2) is 34.9 Å². The molecule has 0 aliphatic carbocycles. The van der Waals surface area contributed by atoms with Gasteiger partial charge < -0.3 is 0 Å². The smallest absolute Gasteiger partial charge is 0.243 e. The number of sulfonamides is 1. The summed E-state index contributed by atoms with van der Waals surface area (Å²) in [5.41, 5.74) is 1.22. The minimum absolute atomic E-state index is 0.0266. The molecule has 2 heterocycles. The highest BCUT2D eigenvalue weighted by molar-refractivity contribution is 7.89. The van der Waals surface area contributed by atoms with Crippen molar-refractivity contribution in [2.24, 2.45) is 0 Å². The van der Waals surface area contributed by atoms with E-state index >= 15 is 0 Å². The van der Waals surface area contributed by atoms with Crippen molar-refractivity contribution >= 4 is 21.6 Å². The molecule has 1 aromatic rings. The van der Waals surface area contributed by atoms with E-state index in [0.717, 1.165) is 6.42 Å². The molecule has 6 heteroatoms. The van der Waals surface area contributed by atoms with E-state index in [4.69, 9.17) is 11.6 Å². The Morgan fingerprint density at radius 2 is 2.24 bits per heavy atom. The monoisotopic (exact) mass is 272 g/mol. The second-order valence-corrected chi connectivity index (χ2v) is 6.22. The van der Waals surface area contributed by atoms with Gasteiger partial charge in [-0.2, -0.15) is 4.31 Å². The van der Waals surface area contributed by atoms with Gasteiger partial charge >= 0.3 is 0 Å². The van der Waals surface area contributed by atoms with E-state index in [0.29, 0.717) is 13.1 Å². The van der Waals surface area contributed by atoms with Crippen molar-refractivity contribution in [3.63, 3.8) is 0 Å². The van der Waals surface area contributed by atoms with Crippen molar-refractivity contribution in [2.45, 2.75) is 18.2 Å². The zero-order valence-electron chi connectivity index (χ0n) is 9.43. The van der Waals surface area contributed by atoms with Crippen molar-refractivity contribution in [1.29, 1.82) is 0 Å². The molecule has 4 nitrogen and oxygen atoms in total. The lowest BCUT2D eigenvalue weighted by atomic mass is 10.1. The third kappa shape index (κ3) is 2.51. The van der Waals surface area contributed by atoms with E-state index in [-0.39, 0.29) is 10.0 Å². The molecule has 92 valence electrons. The number of hydrogen-bond acceptors (Lipinski definition) is 3. The standard InChI is InChI=1S/C11H13ClN2O2S/c1-9-4-7-14(8-5-9)17(15,16)10-3-2-6-13-11(10)12/h2-4,6H,5,7-8H2,1H3. The van der Waals surface area contributed by atoms with Crippen LogP contribution in [0.25, 0.3) is 0 Å². The van der Waals surface area contributed by atoms with Gasteiger partial charge in [-0.15, -0.1) is 0 Å². The predicted molar refractivity (Wildman–Crippen MR) is 66.4 cm³/mol. The third-order valence-electron chi connectivity index (χ3n) is 2.74. The van der Waals surface area contributed by atoms with Gasteiger partial charge in [0.25, 0.3) is 0 Å². The quantitative estimate of drug-likeness (QED) is 0.612. The molecule has 0 atom stereocenters. The highest BCUT2D eigenvalue weighted by Gasteiger charge is 2.27. The van der Waals surface area contributed by atoms with Crippen LogP contribution < -0.4 is 0 Å². The van der Waals surface area contributed by atoms with Crippen molar-refractivity contribution in [3.8, 4) is 0 Å². The van der Waals surface area contributed by atoms with Crippen molar-refractivity contribution in [3.05, 3.63) is 35.1 Å². The van der Waals surface area contributed by atoms with Crippen molar-refractivity contribution < 1.29 is 8.42 Å². The Hall–Kier alpha value is -0.910. The van der Waals surface area contributed by atoms with E-state index in [1.807, 2.05) is 13.0 Å². The minimum atomic E-state index is -3.52. The van der Waals surface area contributed by atoms with Gasteiger partial charge in [-0.05, 0) is 25.5 Å². The van der Waals surface area contributed by atoms with Gasteiger partial charge in [0.2, 0.25) is 10.0 Å². The number of aromatic nitrogens is 1. The normalized spacial score (nSPS) is 17.9. The van der Waals surface area contributed by atoms with Crippen LogP contribution in [0.2, 0.25) is 5.15 Å². The van der Waals surface area contributed by atoms with E-state index in [1.54, 1.807) is 6.07 Å². The lowest BCUT2D eigenvalue weighted by Crippen LogP contribution is -2.34. The molecule has 1 aliphatic rings. The molecular weight excluding hydrogens is 260 g/mol. The zero-order valence-corrected chi connectivity index (χ0v) is 11.0. The molecule has 17 heavy (non-hydrogen) atoms. The summed E-state index contributed by atoms with van der Waals surface area (Å²) in [5.74, 6) is 0. The zero-order chi connectivity index (χ0) is 12.5. The largest absolute Gasteiger partial charge is 0.246 e. The van der Waals surface area contributed by atoms with Crippen LogP contribution >= 0.6 is 11.6 Å². The molecule has 0 amide bonds. The van der Waals surface area contributed by atoms with Crippen LogP contribution in [-0.4, -0.2) is 30.8 Å². The summed E-state index contributed by atoms with van der Waals surface area (Å²) in [6, 6.07) is 3.06. The summed E-state index contributed by atoms with van der Waals surface area (Å²) >= 11 is 5.82. The van der Waals surface area contributed by atoms with Gasteiger partial charge in [-0.3, -0.25) is 0 Å². The molecule has 0 aromatic carbocycles. The van der Waals surface area contributed by atoms with Crippen LogP contribution in [0.3, 0.4) is 0 Å². The summed E-state index contributed by atoms with van der Waals surface area (Å²) in [6.45, 7) is 2.90. The second-order valence-electron chi connectivity index (χ2n) is 3.96. The van der Waals surface area contributed by atoms with Crippen LogP contribution in [-0.2, 0) is 10.0 Å². The highest BCUT2D eigenvalue weighted by Crippen LogP contribution is 2.24. The van der Waals surface area contributed by atoms with Crippen LogP contribution in [0.4, 0.5) is 0 Å². The first-order chi connectivity index (χ1) is 8.01. The number of halogens is 1. The average Bonchev–Trinajstić information content (AvgIpc) is 2.30. The summed E-state index contributed by atoms with van der Waals surface area (Å²) < 4.78 is 26.0. The molecule has 0 unspecified atom stereocenters. The molecule has 0 N–H and O–H groups in total. The molecule has 0 radical (unpaired) electrons. The molecule has 0 saturated heterocycles. The average molecular weight is 273 g/mol. The fraction of sp³-hybridized carbons (Fsp3) is 0.364. The molecule has 1 aromatic heterocycles. The number of nitrogens with zero attached hydrogens (tertiary/aromatic N) is 2. The van der Waals surface area contributed by atoms with Crippen LogP contribution in [0.1, 0.15) is 13.3 Å². The maximum absolute atomic E-state index is 12.3. The van der Waals surface area contributed by atoms with Gasteiger partial charge in [0, 0.05) is 19.3 Å². The Morgan fingerprint density at radius 1 is 1.47 bits per heavy atom. The molecule has 1 aliphatic heterocycles. The number of hydrogen-bond donors (Lipinski definition) is 0. The maximum Gasteiger partial charge on any atom is 0.246 e. The lowest BCUT2D eigenvalue weighted by Gasteiger charge is -2.24. The number of rotatable bonds is 2. The first-order valence-electron chi connectivity index (χ1n) is 5.28. The van der Waals surface area contributed by atoms with Crippen LogP contribution in [0, 0.1) is 0 Å². The summed E-state index contributed by atoms with van der Waals surface area (Å²) in [7, 11) is -3.52. The van der Waals surface area contributed by atoms with Crippen molar-refractivity contribution in [2.75, 3.05) is 13.1 Å². The molecule has 0 spiro atoms. The fourth-order valence-electron chi connectivity index (χ4n) is 1.67. The first-order valence-corrected chi connectivity index (χ1v) is 7.10. The molecular formula is C11H13ClN2O2S. The molecule has 0 saturated carbocycles. The summed E-state index contributed by atoms with van der Waals surface area (Å²) in [4.78, 5) is 3.88. The van der Waals surface area contributed by atoms with E-state index in [2.05, 4.69) is 4.98 Å². The van der Waals surface area contributed by atoms with Gasteiger partial charge in [-0.25, -0.2) is 13.4 Å². The molecule has 0 bridgehead atoms. The Morgan fingerprint density at radius 3 is 2.82 bits per heavy atom. The van der Waals surface area contributed by atoms with E-state index < -0.39 is 10.0 Å². The van der Waals surface area contributed by atoms with Crippen molar-refractivity contribution in [1.82, 2.24) is 9.29 Å². The highest BCUT2D eigenvalue weighted by atomic mass is 35.5. The van der Waals surface area contributed by atoms with Crippen LogP contribution in [0.5, 0.6) is 0 Å². The van der Waals surface area contributed by atoms with E-state index in [1.165, 1.54) is 22.1 Å². The molecule has 0 fully saturated rings. The predicted octanol–water partition coefficient (Wildman–Crippen LogP) is 2.08. The Bertz CT molecular complexity index is 554. The fourth-order valence-corrected chi connectivity index (χ4v) is 3.48. The minimum Gasteiger partial charge on any atom is -0.243 e. The lowest BCUT2D eigenvalue weighted by molar-refractivity contribution is 0.431. The van der Waals surface area contributed by atoms with E-state index in [9.17, 15) is 8.42 Å². The topological polar surface area (TPSA) is 50.3 Å². The van der Waals surface area contributed by atoms with Gasteiger partial charge in [0.15, 0.2) is 0 Å². The summed E-state index contributed by atoms with van der Waals surface area (Å²) in [6.07, 6.45) is 4.16. The molecule has 2 rings (SSSR count). The Kier molecular flexibility index (Phi) is 3.51. The maximum atomic E-state index is 12.3. The van der Waals surface area contributed by atoms with Gasteiger partial charge in [0.1, 0.15) is 10.0 Å². The first kappa shape index (κ1) is 12.5. The number of pyridine rings is 1. The van der Waals surface area contributed by atoms with Gasteiger partial charge in [-0.1, -0.05) is 23.3 Å². The third-order valence-corrected chi connectivity index (χ3v) is 5.05. The Balaban J connectivity index is 2.35. The van der Waals surface area contributed by atoms with Gasteiger partial charge in [0.05, 0.1) is 0 Å².